The molecule has 0 aliphatic carbocycles. The van der Waals surface area contributed by atoms with Crippen LogP contribution in [0.3, 0.4) is 0 Å². The first kappa shape index (κ1) is 29.5. The SMILES string of the molecule is CCO[Si](C)(OCC)O[Si](C)(OCC)O[Si](C)(OCC)O[Si](C)(OCC)OCC. The van der Waals surface area contributed by atoms with Crippen molar-refractivity contribution >= 4 is 35.2 Å². The second-order valence-electron chi connectivity index (χ2n) is 6.35. The smallest absolute Gasteiger partial charge is 0.375 e. The summed E-state index contributed by atoms with van der Waals surface area (Å²) in [5.41, 5.74) is 0. The van der Waals surface area contributed by atoms with Crippen molar-refractivity contribution in [1.29, 1.82) is 0 Å². The number of hydrogen-bond donors (Lipinski definition) is 0. The molecule has 0 radical (unpaired) electrons. The van der Waals surface area contributed by atoms with Crippen LogP contribution in [0.25, 0.3) is 0 Å². The molecule has 0 N–H and O–H groups in total. The first-order valence-electron chi connectivity index (χ1n) is 10.4. The zero-order valence-electron chi connectivity index (χ0n) is 19.9. The van der Waals surface area contributed by atoms with Crippen LogP contribution in [0.5, 0.6) is 0 Å². The Hall–Kier alpha value is 0.508. The Balaban J connectivity index is 5.75. The van der Waals surface area contributed by atoms with Gasteiger partial charge in [-0.2, -0.15) is 0 Å². The Morgan fingerprint density at radius 3 is 0.724 bits per heavy atom. The van der Waals surface area contributed by atoms with Gasteiger partial charge in [0.05, 0.1) is 0 Å². The fourth-order valence-corrected chi connectivity index (χ4v) is 17.3. The average molecular weight is 491 g/mol. The van der Waals surface area contributed by atoms with E-state index in [9.17, 15) is 0 Å². The van der Waals surface area contributed by atoms with Crippen LogP contribution in [0.1, 0.15) is 41.5 Å². The van der Waals surface area contributed by atoms with E-state index < -0.39 is 35.2 Å². The van der Waals surface area contributed by atoms with Crippen LogP contribution in [0.4, 0.5) is 0 Å². The summed E-state index contributed by atoms with van der Waals surface area (Å²) in [5, 5.41) is 0. The molecule has 0 saturated carbocycles. The molecule has 0 aliphatic rings. The molecule has 0 aromatic heterocycles. The van der Waals surface area contributed by atoms with Crippen molar-refractivity contribution in [1.82, 2.24) is 0 Å². The average Bonchev–Trinajstić information content (AvgIpc) is 2.54. The Morgan fingerprint density at radius 2 is 0.517 bits per heavy atom. The lowest BCUT2D eigenvalue weighted by Crippen LogP contribution is -2.64. The van der Waals surface area contributed by atoms with Crippen molar-refractivity contribution in [3.05, 3.63) is 0 Å². The van der Waals surface area contributed by atoms with Crippen LogP contribution in [-0.4, -0.2) is 74.9 Å². The molecule has 0 aromatic carbocycles. The molecule has 0 rings (SSSR count). The van der Waals surface area contributed by atoms with E-state index in [2.05, 4.69) is 0 Å². The summed E-state index contributed by atoms with van der Waals surface area (Å²) in [5.74, 6) is 0. The molecule has 0 aromatic rings. The maximum absolute atomic E-state index is 6.42. The van der Waals surface area contributed by atoms with Gasteiger partial charge in [0.25, 0.3) is 0 Å². The van der Waals surface area contributed by atoms with E-state index in [0.717, 1.165) is 0 Å². The highest BCUT2D eigenvalue weighted by Gasteiger charge is 2.56. The molecule has 2 unspecified atom stereocenters. The molecule has 0 spiro atoms. The Morgan fingerprint density at radius 1 is 0.345 bits per heavy atom. The zero-order chi connectivity index (χ0) is 22.6. The topological polar surface area (TPSA) is 83.1 Å². The van der Waals surface area contributed by atoms with Gasteiger partial charge in [0.2, 0.25) is 0 Å². The van der Waals surface area contributed by atoms with Crippen LogP contribution >= 0.6 is 0 Å². The number of hydrogen-bond acceptors (Lipinski definition) is 9. The molecule has 9 nitrogen and oxygen atoms in total. The van der Waals surface area contributed by atoms with E-state index >= 15 is 0 Å². The largest absolute Gasteiger partial charge is 0.490 e. The summed E-state index contributed by atoms with van der Waals surface area (Å²) in [7, 11) is -12.4. The van der Waals surface area contributed by atoms with Crippen molar-refractivity contribution in [3.63, 3.8) is 0 Å². The van der Waals surface area contributed by atoms with Gasteiger partial charge in [0.15, 0.2) is 0 Å². The lowest BCUT2D eigenvalue weighted by Gasteiger charge is -2.40. The lowest BCUT2D eigenvalue weighted by atomic mass is 10.9. The van der Waals surface area contributed by atoms with Crippen LogP contribution in [-0.2, 0) is 38.9 Å². The molecule has 29 heavy (non-hydrogen) atoms. The fraction of sp³-hybridized carbons (Fsp3) is 1.00. The third-order valence-electron chi connectivity index (χ3n) is 3.55. The van der Waals surface area contributed by atoms with Gasteiger partial charge in [-0.15, -0.1) is 0 Å². The van der Waals surface area contributed by atoms with Gasteiger partial charge in [0, 0.05) is 65.8 Å². The highest BCUT2D eigenvalue weighted by atomic mass is 28.5. The minimum absolute atomic E-state index is 0.410. The maximum atomic E-state index is 6.42. The highest BCUT2D eigenvalue weighted by Crippen LogP contribution is 2.27. The summed E-state index contributed by atoms with van der Waals surface area (Å²) in [6.45, 7) is 21.4. The molecule has 0 saturated heterocycles. The van der Waals surface area contributed by atoms with Gasteiger partial charge in [-0.1, -0.05) is 0 Å². The van der Waals surface area contributed by atoms with E-state index in [-0.39, 0.29) is 0 Å². The zero-order valence-corrected chi connectivity index (χ0v) is 23.9. The predicted molar refractivity (Wildman–Crippen MR) is 119 cm³/mol. The molecule has 0 aliphatic heterocycles. The van der Waals surface area contributed by atoms with Gasteiger partial charge in [-0.3, -0.25) is 0 Å². The molecule has 0 amide bonds. The molecule has 176 valence electrons. The second-order valence-corrected chi connectivity index (χ2v) is 17.4. The Bertz CT molecular complexity index is 399. The summed E-state index contributed by atoms with van der Waals surface area (Å²) in [4.78, 5) is 0. The quantitative estimate of drug-likeness (QED) is 0.268. The van der Waals surface area contributed by atoms with E-state index in [0.29, 0.717) is 39.6 Å². The standard InChI is InChI=1S/C16H42O9Si4/c1-11-17-26(7,18-12-2)23-28(9,21-15-5)25-29(10,22-16-6)24-27(8,19-13-3)20-14-4/h11-16H2,1-10H3. The van der Waals surface area contributed by atoms with E-state index in [1.54, 1.807) is 0 Å². The molecule has 13 heteroatoms. The van der Waals surface area contributed by atoms with Gasteiger partial charge in [-0.05, 0) is 41.5 Å². The number of rotatable bonds is 18. The second kappa shape index (κ2) is 13.8. The van der Waals surface area contributed by atoms with E-state index in [4.69, 9.17) is 38.9 Å². The first-order valence-corrected chi connectivity index (χ1v) is 19.3. The van der Waals surface area contributed by atoms with Crippen molar-refractivity contribution in [2.24, 2.45) is 0 Å². The van der Waals surface area contributed by atoms with Gasteiger partial charge in [-0.25, -0.2) is 0 Å². The molecule has 0 fully saturated rings. The summed E-state index contributed by atoms with van der Waals surface area (Å²) >= 11 is 0. The minimum Gasteiger partial charge on any atom is -0.375 e. The van der Waals surface area contributed by atoms with Crippen molar-refractivity contribution in [2.75, 3.05) is 39.6 Å². The Kier molecular flexibility index (Phi) is 14.1. The molecule has 2 atom stereocenters. The van der Waals surface area contributed by atoms with Gasteiger partial charge in [0.1, 0.15) is 0 Å². The predicted octanol–water partition coefficient (Wildman–Crippen LogP) is 3.53. The van der Waals surface area contributed by atoms with Gasteiger partial charge >= 0.3 is 35.2 Å². The van der Waals surface area contributed by atoms with Crippen molar-refractivity contribution in [2.45, 2.75) is 67.7 Å². The summed E-state index contributed by atoms with van der Waals surface area (Å²) in [6, 6.07) is 0. The lowest BCUT2D eigenvalue weighted by molar-refractivity contribution is 0.0443. The molecule has 0 heterocycles. The monoisotopic (exact) mass is 490 g/mol. The van der Waals surface area contributed by atoms with Crippen molar-refractivity contribution in [3.8, 4) is 0 Å². The van der Waals surface area contributed by atoms with Crippen molar-refractivity contribution < 1.29 is 38.9 Å². The van der Waals surface area contributed by atoms with Crippen LogP contribution in [0, 0.1) is 0 Å². The third-order valence-corrected chi connectivity index (χ3v) is 17.3. The minimum atomic E-state index is -3.24. The molecular formula is C16H42O9Si4. The molecule has 0 bridgehead atoms. The van der Waals surface area contributed by atoms with Crippen LogP contribution < -0.4 is 0 Å². The maximum Gasteiger partial charge on any atom is 0.490 e. The van der Waals surface area contributed by atoms with E-state index in [1.807, 2.05) is 67.7 Å². The highest BCUT2D eigenvalue weighted by molar-refractivity contribution is 6.82. The summed E-state index contributed by atoms with van der Waals surface area (Å²) < 4.78 is 54.3. The normalized spacial score (nSPS) is 17.2. The van der Waals surface area contributed by atoms with E-state index in [1.165, 1.54) is 0 Å². The van der Waals surface area contributed by atoms with Gasteiger partial charge < -0.3 is 38.9 Å². The molecular weight excluding hydrogens is 449 g/mol. The fourth-order valence-electron chi connectivity index (χ4n) is 2.94. The van der Waals surface area contributed by atoms with Crippen LogP contribution in [0.2, 0.25) is 26.2 Å². The Labute approximate surface area is 181 Å². The summed E-state index contributed by atoms with van der Waals surface area (Å²) in [6.07, 6.45) is 0. The first-order chi connectivity index (χ1) is 13.5. The third kappa shape index (κ3) is 11.1. The van der Waals surface area contributed by atoms with Crippen LogP contribution in [0.15, 0.2) is 0 Å².